The number of phenolic OH excluding ortho intramolecular Hbond substituents is 1. The molecule has 4 rings (SSSR count). The van der Waals surface area contributed by atoms with Gasteiger partial charge < -0.3 is 9.52 Å². The van der Waals surface area contributed by atoms with E-state index < -0.39 is 0 Å². The zero-order valence-electron chi connectivity index (χ0n) is 15.8. The van der Waals surface area contributed by atoms with Gasteiger partial charge in [-0.3, -0.25) is 0 Å². The molecule has 0 bridgehead atoms. The fraction of sp³-hybridized carbons (Fsp3) is 0.591. The van der Waals surface area contributed by atoms with Crippen LogP contribution in [0.5, 0.6) is 5.75 Å². The van der Waals surface area contributed by atoms with Crippen LogP contribution in [0.3, 0.4) is 0 Å². The van der Waals surface area contributed by atoms with Crippen molar-refractivity contribution in [1.82, 2.24) is 4.98 Å². The summed E-state index contributed by atoms with van der Waals surface area (Å²) in [5.74, 6) is 1.59. The molecule has 2 aliphatic rings. The van der Waals surface area contributed by atoms with E-state index in [1.54, 1.807) is 11.6 Å². The maximum atomic E-state index is 10.6. The van der Waals surface area contributed by atoms with E-state index >= 15 is 0 Å². The zero-order valence-corrected chi connectivity index (χ0v) is 15.8. The molecule has 1 fully saturated rings. The van der Waals surface area contributed by atoms with E-state index in [1.807, 2.05) is 6.07 Å². The van der Waals surface area contributed by atoms with E-state index in [9.17, 15) is 5.11 Å². The largest absolute Gasteiger partial charge is 0.508 e. The normalized spacial score (nSPS) is 35.4. The number of fused-ring (bicyclic) bond motifs is 2. The van der Waals surface area contributed by atoms with E-state index in [0.717, 1.165) is 23.1 Å². The van der Waals surface area contributed by atoms with Crippen LogP contribution in [0.15, 0.2) is 34.6 Å². The Balaban J connectivity index is 1.80. The van der Waals surface area contributed by atoms with Crippen molar-refractivity contribution >= 4 is 11.1 Å². The lowest BCUT2D eigenvalue weighted by atomic mass is 9.47. The van der Waals surface area contributed by atoms with E-state index in [4.69, 9.17) is 4.42 Å². The molecular weight excluding hydrogens is 310 g/mol. The quantitative estimate of drug-likeness (QED) is 0.695. The topological polar surface area (TPSA) is 46.3 Å². The first-order chi connectivity index (χ1) is 11.9. The molecule has 25 heavy (non-hydrogen) atoms. The SMILES string of the molecule is CC1=CCCC2C1(C)CCC(C)C2(C)Cc1c(O)ccc2ncoc12. The molecule has 1 heterocycles. The third-order valence-electron chi connectivity index (χ3n) is 7.73. The number of allylic oxidation sites excluding steroid dienone is 2. The second kappa shape index (κ2) is 5.62. The summed E-state index contributed by atoms with van der Waals surface area (Å²) in [5, 5.41) is 10.6. The molecule has 0 saturated heterocycles. The predicted molar refractivity (Wildman–Crippen MR) is 100 cm³/mol. The molecule has 0 radical (unpaired) electrons. The van der Waals surface area contributed by atoms with E-state index in [2.05, 4.69) is 38.8 Å². The Hall–Kier alpha value is -1.77. The molecule has 1 N–H and O–H groups in total. The van der Waals surface area contributed by atoms with Crippen LogP contribution < -0.4 is 0 Å². The number of phenols is 1. The lowest BCUT2D eigenvalue weighted by molar-refractivity contribution is -0.0411. The lowest BCUT2D eigenvalue weighted by Crippen LogP contribution is -2.50. The Morgan fingerprint density at radius 1 is 1.28 bits per heavy atom. The molecule has 3 heteroatoms. The first-order valence-electron chi connectivity index (χ1n) is 9.57. The summed E-state index contributed by atoms with van der Waals surface area (Å²) in [6, 6.07) is 3.60. The van der Waals surface area contributed by atoms with Crippen molar-refractivity contribution in [1.29, 1.82) is 0 Å². The minimum atomic E-state index is 0.140. The van der Waals surface area contributed by atoms with Gasteiger partial charge in [-0.15, -0.1) is 0 Å². The molecule has 134 valence electrons. The maximum absolute atomic E-state index is 10.6. The van der Waals surface area contributed by atoms with E-state index in [1.165, 1.54) is 32.1 Å². The number of hydrogen-bond acceptors (Lipinski definition) is 3. The van der Waals surface area contributed by atoms with Crippen LogP contribution in [0, 0.1) is 22.7 Å². The molecule has 1 aromatic heterocycles. The molecule has 3 nitrogen and oxygen atoms in total. The molecular formula is C22H29NO2. The Morgan fingerprint density at radius 3 is 2.88 bits per heavy atom. The average molecular weight is 339 g/mol. The van der Waals surface area contributed by atoms with Gasteiger partial charge in [-0.05, 0) is 73.8 Å². The second-order valence-corrected chi connectivity index (χ2v) is 8.82. The predicted octanol–water partition coefficient (Wildman–Crippen LogP) is 5.87. The summed E-state index contributed by atoms with van der Waals surface area (Å²) >= 11 is 0. The summed E-state index contributed by atoms with van der Waals surface area (Å²) < 4.78 is 5.65. The van der Waals surface area contributed by atoms with Gasteiger partial charge in [0.25, 0.3) is 0 Å². The van der Waals surface area contributed by atoms with Crippen LogP contribution in [0.2, 0.25) is 0 Å². The standard InChI is InChI=1S/C22H29NO2/c1-14-6-5-7-19-21(14,3)11-10-15(2)22(19,4)12-16-18(24)9-8-17-20(16)25-13-23-17/h6,8-9,13,15,19,24H,5,7,10-12H2,1-4H3. The molecule has 2 aliphatic carbocycles. The monoisotopic (exact) mass is 339 g/mol. The Bertz CT molecular complexity index is 836. The number of rotatable bonds is 2. The summed E-state index contributed by atoms with van der Waals surface area (Å²) in [5.41, 5.74) is 4.50. The Kier molecular flexibility index (Phi) is 3.75. The number of benzene rings is 1. The van der Waals surface area contributed by atoms with Gasteiger partial charge in [-0.1, -0.05) is 32.4 Å². The zero-order chi connectivity index (χ0) is 17.8. The van der Waals surface area contributed by atoms with Crippen molar-refractivity contribution in [2.24, 2.45) is 22.7 Å². The molecule has 0 spiro atoms. The van der Waals surface area contributed by atoms with Crippen LogP contribution in [0.25, 0.3) is 11.1 Å². The fourth-order valence-corrected chi connectivity index (χ4v) is 5.73. The molecule has 0 amide bonds. The molecule has 1 saturated carbocycles. The van der Waals surface area contributed by atoms with Crippen molar-refractivity contribution < 1.29 is 9.52 Å². The first-order valence-corrected chi connectivity index (χ1v) is 9.57. The van der Waals surface area contributed by atoms with Gasteiger partial charge in [0.2, 0.25) is 0 Å². The molecule has 0 aliphatic heterocycles. The third-order valence-corrected chi connectivity index (χ3v) is 7.73. The number of oxazole rings is 1. The second-order valence-electron chi connectivity index (χ2n) is 8.82. The van der Waals surface area contributed by atoms with Crippen LogP contribution >= 0.6 is 0 Å². The van der Waals surface area contributed by atoms with Gasteiger partial charge in [-0.25, -0.2) is 4.98 Å². The van der Waals surface area contributed by atoms with Gasteiger partial charge in [0.05, 0.1) is 0 Å². The fourth-order valence-electron chi connectivity index (χ4n) is 5.73. The molecule has 2 aromatic rings. The summed E-state index contributed by atoms with van der Waals surface area (Å²) in [6.45, 7) is 9.61. The van der Waals surface area contributed by atoms with E-state index in [0.29, 0.717) is 17.6 Å². The average Bonchev–Trinajstić information content (AvgIpc) is 3.05. The van der Waals surface area contributed by atoms with Crippen molar-refractivity contribution in [2.45, 2.75) is 59.8 Å². The highest BCUT2D eigenvalue weighted by Crippen LogP contribution is 2.61. The van der Waals surface area contributed by atoms with Gasteiger partial charge in [0, 0.05) is 5.56 Å². The van der Waals surface area contributed by atoms with Crippen LogP contribution in [0.4, 0.5) is 0 Å². The number of aromatic hydroxyl groups is 1. The first kappa shape index (κ1) is 16.7. The lowest BCUT2D eigenvalue weighted by Gasteiger charge is -2.58. The molecule has 1 aromatic carbocycles. The van der Waals surface area contributed by atoms with Crippen LogP contribution in [-0.2, 0) is 6.42 Å². The molecule has 4 unspecified atom stereocenters. The van der Waals surface area contributed by atoms with Gasteiger partial charge in [0.15, 0.2) is 12.0 Å². The number of hydrogen-bond donors (Lipinski definition) is 1. The molecule has 4 atom stereocenters. The van der Waals surface area contributed by atoms with Crippen molar-refractivity contribution in [3.05, 3.63) is 35.7 Å². The van der Waals surface area contributed by atoms with Gasteiger partial charge >= 0.3 is 0 Å². The highest BCUT2D eigenvalue weighted by atomic mass is 16.3. The minimum absolute atomic E-state index is 0.140. The van der Waals surface area contributed by atoms with Gasteiger partial charge in [-0.2, -0.15) is 0 Å². The number of aromatic nitrogens is 1. The van der Waals surface area contributed by atoms with Crippen LogP contribution in [-0.4, -0.2) is 10.1 Å². The Morgan fingerprint density at radius 2 is 2.08 bits per heavy atom. The van der Waals surface area contributed by atoms with Crippen molar-refractivity contribution in [3.63, 3.8) is 0 Å². The highest BCUT2D eigenvalue weighted by molar-refractivity contribution is 5.78. The van der Waals surface area contributed by atoms with Crippen molar-refractivity contribution in [2.75, 3.05) is 0 Å². The summed E-state index contributed by atoms with van der Waals surface area (Å²) in [6.07, 6.45) is 9.70. The smallest absolute Gasteiger partial charge is 0.181 e. The minimum Gasteiger partial charge on any atom is -0.508 e. The summed E-state index contributed by atoms with van der Waals surface area (Å²) in [4.78, 5) is 4.28. The number of nitrogens with zero attached hydrogens (tertiary/aromatic N) is 1. The van der Waals surface area contributed by atoms with Gasteiger partial charge in [0.1, 0.15) is 11.3 Å². The van der Waals surface area contributed by atoms with E-state index in [-0.39, 0.29) is 10.8 Å². The maximum Gasteiger partial charge on any atom is 0.181 e. The highest BCUT2D eigenvalue weighted by Gasteiger charge is 2.53. The van der Waals surface area contributed by atoms with Crippen molar-refractivity contribution in [3.8, 4) is 5.75 Å². The third kappa shape index (κ3) is 2.35. The Labute approximate surface area is 150 Å². The summed E-state index contributed by atoms with van der Waals surface area (Å²) in [7, 11) is 0. The van der Waals surface area contributed by atoms with Crippen LogP contribution in [0.1, 0.15) is 58.9 Å².